The molecule has 3 rings (SSSR count). The molecule has 0 aliphatic carbocycles. The summed E-state index contributed by atoms with van der Waals surface area (Å²) in [5, 5.41) is 1.05. The zero-order chi connectivity index (χ0) is 9.54. The lowest BCUT2D eigenvalue weighted by atomic mass is 10.2. The van der Waals surface area contributed by atoms with Gasteiger partial charge in [-0.1, -0.05) is 18.2 Å². The number of H-pyrrole nitrogens is 1. The number of rotatable bonds is 0. The molecule has 0 saturated carbocycles. The number of fused-ring (bicyclic) bond motifs is 3. The Bertz CT molecular complexity index is 617. The summed E-state index contributed by atoms with van der Waals surface area (Å²) in [7, 11) is 0. The number of nitrogens with two attached hydrogens (primary N) is 1. The van der Waals surface area contributed by atoms with Gasteiger partial charge in [-0.25, -0.2) is 9.97 Å². The van der Waals surface area contributed by atoms with Crippen LogP contribution < -0.4 is 5.73 Å². The molecule has 0 radical (unpaired) electrons. The Morgan fingerprint density at radius 3 is 2.87 bits per heavy atom. The fraction of sp³-hybridized carbons (Fsp3) is 0. The number of hydrogen-bond acceptors (Lipinski definition) is 3. The third-order valence-corrected chi connectivity index (χ3v) is 2.30. The minimum absolute atomic E-state index is 0. The van der Waals surface area contributed by atoms with Gasteiger partial charge in [0.05, 0.1) is 17.4 Å². The first-order valence-corrected chi connectivity index (χ1v) is 4.33. The number of nitrogens with one attached hydrogen (secondary N) is 1. The lowest BCUT2D eigenvalue weighted by Crippen LogP contribution is -1.92. The Hall–Kier alpha value is -1.81. The van der Waals surface area contributed by atoms with E-state index in [-0.39, 0.29) is 12.4 Å². The fourth-order valence-corrected chi connectivity index (χ4v) is 1.66. The molecule has 15 heavy (non-hydrogen) atoms. The highest BCUT2D eigenvalue weighted by Crippen LogP contribution is 2.24. The molecule has 4 nitrogen and oxygen atoms in total. The van der Waals surface area contributed by atoms with Gasteiger partial charge in [-0.15, -0.1) is 12.4 Å². The maximum atomic E-state index is 5.77. The highest BCUT2D eigenvalue weighted by atomic mass is 35.5. The van der Waals surface area contributed by atoms with Crippen LogP contribution in [-0.4, -0.2) is 15.0 Å². The highest BCUT2D eigenvalue weighted by Gasteiger charge is 2.06. The van der Waals surface area contributed by atoms with E-state index in [1.165, 1.54) is 0 Å². The molecule has 0 aliphatic heterocycles. The van der Waals surface area contributed by atoms with Crippen molar-refractivity contribution in [1.29, 1.82) is 0 Å². The van der Waals surface area contributed by atoms with E-state index in [0.29, 0.717) is 5.82 Å². The molecule has 0 atom stereocenters. The number of aromatic amines is 1. The van der Waals surface area contributed by atoms with Crippen molar-refractivity contribution in [3.63, 3.8) is 0 Å². The van der Waals surface area contributed by atoms with Crippen LogP contribution in [0, 0.1) is 0 Å². The quantitative estimate of drug-likeness (QED) is 0.610. The maximum Gasteiger partial charge on any atom is 0.152 e. The number of anilines is 1. The van der Waals surface area contributed by atoms with Crippen molar-refractivity contribution in [2.45, 2.75) is 0 Å². The van der Waals surface area contributed by atoms with Crippen molar-refractivity contribution in [1.82, 2.24) is 15.0 Å². The van der Waals surface area contributed by atoms with Crippen LogP contribution >= 0.6 is 12.4 Å². The molecule has 0 spiro atoms. The number of nitrogens with zero attached hydrogens (tertiary/aromatic N) is 2. The van der Waals surface area contributed by atoms with Gasteiger partial charge in [-0.2, -0.15) is 0 Å². The van der Waals surface area contributed by atoms with Crippen molar-refractivity contribution >= 4 is 40.2 Å². The Morgan fingerprint density at radius 1 is 1.20 bits per heavy atom. The van der Waals surface area contributed by atoms with Crippen molar-refractivity contribution in [2.24, 2.45) is 0 Å². The Morgan fingerprint density at radius 2 is 2.00 bits per heavy atom. The number of halogens is 1. The van der Waals surface area contributed by atoms with E-state index >= 15 is 0 Å². The van der Waals surface area contributed by atoms with Crippen molar-refractivity contribution in [3.05, 3.63) is 30.6 Å². The molecule has 0 aliphatic rings. The number of para-hydroxylation sites is 1. The average molecular weight is 221 g/mol. The van der Waals surface area contributed by atoms with E-state index in [1.807, 2.05) is 24.3 Å². The van der Waals surface area contributed by atoms with Crippen LogP contribution in [0.1, 0.15) is 0 Å². The van der Waals surface area contributed by atoms with Crippen LogP contribution in [0.3, 0.4) is 0 Å². The van der Waals surface area contributed by atoms with Gasteiger partial charge in [-0.3, -0.25) is 0 Å². The Kier molecular flexibility index (Phi) is 2.21. The number of aromatic nitrogens is 3. The normalized spacial score (nSPS) is 10.4. The zero-order valence-electron chi connectivity index (χ0n) is 7.77. The number of nitrogen functional groups attached to an aromatic ring is 1. The van der Waals surface area contributed by atoms with Gasteiger partial charge in [0, 0.05) is 5.39 Å². The minimum Gasteiger partial charge on any atom is -0.382 e. The molecule has 0 amide bonds. The summed E-state index contributed by atoms with van der Waals surface area (Å²) in [6, 6.07) is 7.85. The lowest BCUT2D eigenvalue weighted by Gasteiger charge is -1.99. The van der Waals surface area contributed by atoms with Crippen molar-refractivity contribution in [2.75, 3.05) is 5.73 Å². The van der Waals surface area contributed by atoms with Crippen molar-refractivity contribution in [3.8, 4) is 0 Å². The second-order valence-corrected chi connectivity index (χ2v) is 3.14. The van der Waals surface area contributed by atoms with E-state index in [9.17, 15) is 0 Å². The highest BCUT2D eigenvalue weighted by molar-refractivity contribution is 6.05. The SMILES string of the molecule is Cl.Nc1nc2ccccc2c2[nH]cnc12. The summed E-state index contributed by atoms with van der Waals surface area (Å²) < 4.78 is 0. The third-order valence-electron chi connectivity index (χ3n) is 2.30. The molecule has 5 heteroatoms. The van der Waals surface area contributed by atoms with Gasteiger partial charge in [0.1, 0.15) is 5.52 Å². The fourth-order valence-electron chi connectivity index (χ4n) is 1.66. The molecule has 0 fully saturated rings. The standard InChI is InChI=1S/C10H8N4.ClH/c11-10-9-8(12-5-13-9)6-3-1-2-4-7(6)14-10;/h1-5H,(H2,11,14)(H,12,13);1H. The maximum absolute atomic E-state index is 5.77. The van der Waals surface area contributed by atoms with Crippen LogP contribution in [0.2, 0.25) is 0 Å². The van der Waals surface area contributed by atoms with Crippen LogP contribution in [0.4, 0.5) is 5.82 Å². The molecule has 0 unspecified atom stereocenters. The molecule has 76 valence electrons. The molecule has 2 heterocycles. The molecule has 2 aromatic heterocycles. The lowest BCUT2D eigenvalue weighted by molar-refractivity contribution is 1.34. The number of imidazole rings is 1. The molecular weight excluding hydrogens is 212 g/mol. The van der Waals surface area contributed by atoms with Gasteiger partial charge in [0.25, 0.3) is 0 Å². The topological polar surface area (TPSA) is 67.6 Å². The first kappa shape index (κ1) is 9.73. The van der Waals surface area contributed by atoms with Gasteiger partial charge in [0.2, 0.25) is 0 Å². The van der Waals surface area contributed by atoms with Crippen LogP contribution in [0.5, 0.6) is 0 Å². The molecular formula is C10H9ClN4. The van der Waals surface area contributed by atoms with E-state index in [0.717, 1.165) is 21.9 Å². The third kappa shape index (κ3) is 1.30. The molecule has 0 saturated heterocycles. The number of hydrogen-bond donors (Lipinski definition) is 2. The summed E-state index contributed by atoms with van der Waals surface area (Å²) >= 11 is 0. The predicted octanol–water partition coefficient (Wildman–Crippen LogP) is 2.12. The van der Waals surface area contributed by atoms with Crippen LogP contribution in [0.25, 0.3) is 21.9 Å². The predicted molar refractivity (Wildman–Crippen MR) is 63.1 cm³/mol. The van der Waals surface area contributed by atoms with E-state index in [2.05, 4.69) is 15.0 Å². The smallest absolute Gasteiger partial charge is 0.152 e. The van der Waals surface area contributed by atoms with E-state index < -0.39 is 0 Å². The molecule has 3 N–H and O–H groups in total. The van der Waals surface area contributed by atoms with Crippen molar-refractivity contribution < 1.29 is 0 Å². The summed E-state index contributed by atoms with van der Waals surface area (Å²) in [6.07, 6.45) is 1.63. The van der Waals surface area contributed by atoms with Gasteiger partial charge < -0.3 is 10.7 Å². The average Bonchev–Trinajstić information content (AvgIpc) is 2.67. The minimum atomic E-state index is 0. The second kappa shape index (κ2) is 3.40. The summed E-state index contributed by atoms with van der Waals surface area (Å²) in [6.45, 7) is 0. The van der Waals surface area contributed by atoms with Gasteiger partial charge in [0.15, 0.2) is 5.82 Å². The number of benzene rings is 1. The largest absolute Gasteiger partial charge is 0.382 e. The Balaban J connectivity index is 0.000000853. The molecule has 3 aromatic rings. The van der Waals surface area contributed by atoms with Crippen LogP contribution in [-0.2, 0) is 0 Å². The van der Waals surface area contributed by atoms with E-state index in [4.69, 9.17) is 5.73 Å². The van der Waals surface area contributed by atoms with Gasteiger partial charge in [-0.05, 0) is 6.07 Å². The monoisotopic (exact) mass is 220 g/mol. The van der Waals surface area contributed by atoms with E-state index in [1.54, 1.807) is 6.33 Å². The van der Waals surface area contributed by atoms with Crippen LogP contribution in [0.15, 0.2) is 30.6 Å². The van der Waals surface area contributed by atoms with Gasteiger partial charge >= 0.3 is 0 Å². The molecule has 0 bridgehead atoms. The first-order chi connectivity index (χ1) is 6.86. The summed E-state index contributed by atoms with van der Waals surface area (Å²) in [4.78, 5) is 11.5. The zero-order valence-corrected chi connectivity index (χ0v) is 8.58. The second-order valence-electron chi connectivity index (χ2n) is 3.14. The summed E-state index contributed by atoms with van der Waals surface area (Å²) in [5.74, 6) is 0.472. The summed E-state index contributed by atoms with van der Waals surface area (Å²) in [5.41, 5.74) is 8.36. The molecule has 1 aromatic carbocycles. The first-order valence-electron chi connectivity index (χ1n) is 4.33. The Labute approximate surface area is 91.9 Å². The number of pyridine rings is 1.